The number of nitrogens with zero attached hydrogens (tertiary/aromatic N) is 1. The van der Waals surface area contributed by atoms with Gasteiger partial charge in [0.1, 0.15) is 5.75 Å². The maximum atomic E-state index is 12.8. The summed E-state index contributed by atoms with van der Waals surface area (Å²) in [6, 6.07) is 2.05. The van der Waals surface area contributed by atoms with E-state index in [9.17, 15) is 4.79 Å². The molecule has 2 aromatic rings. The lowest BCUT2D eigenvalue weighted by molar-refractivity contribution is -0.0792. The number of nitrogens with one attached hydrogen (secondary N) is 2. The van der Waals surface area contributed by atoms with E-state index in [0.29, 0.717) is 6.54 Å². The van der Waals surface area contributed by atoms with E-state index in [1.807, 2.05) is 13.8 Å². The maximum Gasteiger partial charge on any atom is 0.261 e. The Labute approximate surface area is 169 Å². The fourth-order valence-corrected chi connectivity index (χ4v) is 5.42. The number of carbonyl (C=O) groups excluding carboxylic acids is 1. The molecular formula is C21H27N3O3S. The molecule has 28 heavy (non-hydrogen) atoms. The maximum absolute atomic E-state index is 12.8. The predicted molar refractivity (Wildman–Crippen MR) is 109 cm³/mol. The number of aryl methyl sites for hydroxylation is 1. The zero-order valence-electron chi connectivity index (χ0n) is 16.7. The van der Waals surface area contributed by atoms with Crippen LogP contribution in [-0.4, -0.2) is 37.7 Å². The molecule has 6 nitrogen and oxygen atoms in total. The van der Waals surface area contributed by atoms with E-state index >= 15 is 0 Å². The van der Waals surface area contributed by atoms with Gasteiger partial charge in [0, 0.05) is 28.6 Å². The van der Waals surface area contributed by atoms with Crippen LogP contribution in [0.5, 0.6) is 5.75 Å². The summed E-state index contributed by atoms with van der Waals surface area (Å²) in [5, 5.41) is 6.43. The summed E-state index contributed by atoms with van der Waals surface area (Å²) in [7, 11) is 1.66. The van der Waals surface area contributed by atoms with Gasteiger partial charge in [-0.2, -0.15) is 0 Å². The van der Waals surface area contributed by atoms with Gasteiger partial charge in [-0.15, -0.1) is 11.3 Å². The monoisotopic (exact) mass is 401 g/mol. The highest BCUT2D eigenvalue weighted by Crippen LogP contribution is 2.43. The average molecular weight is 402 g/mol. The van der Waals surface area contributed by atoms with Crippen molar-refractivity contribution in [3.05, 3.63) is 44.4 Å². The highest BCUT2D eigenvalue weighted by Gasteiger charge is 2.40. The molecule has 4 heterocycles. The summed E-state index contributed by atoms with van der Waals surface area (Å²) in [5.41, 5.74) is 3.80. The normalized spacial score (nSPS) is 18.0. The first-order valence-corrected chi connectivity index (χ1v) is 10.6. The first-order valence-electron chi connectivity index (χ1n) is 9.79. The van der Waals surface area contributed by atoms with Gasteiger partial charge in [-0.3, -0.25) is 9.78 Å². The lowest BCUT2D eigenvalue weighted by Crippen LogP contribution is -2.44. The lowest BCUT2D eigenvalue weighted by Gasteiger charge is -2.40. The van der Waals surface area contributed by atoms with Crippen LogP contribution in [0, 0.1) is 13.8 Å². The molecule has 1 spiro atoms. The first kappa shape index (κ1) is 19.4. The number of rotatable bonds is 4. The zero-order valence-corrected chi connectivity index (χ0v) is 17.5. The molecule has 0 radical (unpaired) electrons. The van der Waals surface area contributed by atoms with Crippen LogP contribution in [0.15, 0.2) is 12.3 Å². The van der Waals surface area contributed by atoms with Crippen LogP contribution >= 0.6 is 11.3 Å². The summed E-state index contributed by atoms with van der Waals surface area (Å²) < 4.78 is 11.7. The lowest BCUT2D eigenvalue weighted by atomic mass is 9.83. The van der Waals surface area contributed by atoms with Gasteiger partial charge in [0.2, 0.25) is 0 Å². The number of hydrogen-bond acceptors (Lipinski definition) is 6. The highest BCUT2D eigenvalue weighted by atomic mass is 32.1. The van der Waals surface area contributed by atoms with Crippen molar-refractivity contribution in [2.24, 2.45) is 0 Å². The fourth-order valence-electron chi connectivity index (χ4n) is 4.27. The van der Waals surface area contributed by atoms with Crippen molar-refractivity contribution in [3.63, 3.8) is 0 Å². The van der Waals surface area contributed by atoms with E-state index in [4.69, 9.17) is 9.47 Å². The molecule has 0 aliphatic carbocycles. The number of ether oxygens (including phenoxy) is 2. The van der Waals surface area contributed by atoms with Gasteiger partial charge in [-0.1, -0.05) is 0 Å². The number of fused-ring (bicyclic) bond motifs is 2. The molecule has 2 aromatic heterocycles. The van der Waals surface area contributed by atoms with Crippen LogP contribution < -0.4 is 15.4 Å². The van der Waals surface area contributed by atoms with Crippen molar-refractivity contribution in [2.45, 2.75) is 45.3 Å². The molecule has 0 aromatic carbocycles. The second-order valence-corrected chi connectivity index (χ2v) is 8.66. The summed E-state index contributed by atoms with van der Waals surface area (Å²) in [4.78, 5) is 19.3. The van der Waals surface area contributed by atoms with Crippen LogP contribution in [0.2, 0.25) is 0 Å². The molecule has 1 amide bonds. The molecule has 0 atom stereocenters. The van der Waals surface area contributed by atoms with Crippen LogP contribution in [-0.2, 0) is 23.3 Å². The standard InChI is InChI=1S/C21H27N3O3S/c1-13-11-23-16(14(2)19(13)26-3)12-24-20(25)18-10-15-17(28-18)4-9-27-21(15)5-7-22-8-6-21/h10-11,22H,4-9,12H2,1-3H3,(H,24,25). The number of amides is 1. The Hall–Kier alpha value is -1.96. The number of thiophene rings is 1. The van der Waals surface area contributed by atoms with E-state index in [0.717, 1.165) is 66.4 Å². The van der Waals surface area contributed by atoms with Gasteiger partial charge in [0.15, 0.2) is 0 Å². The van der Waals surface area contributed by atoms with Gasteiger partial charge in [0.05, 0.1) is 36.4 Å². The summed E-state index contributed by atoms with van der Waals surface area (Å²) in [6.45, 7) is 6.97. The van der Waals surface area contributed by atoms with Crippen LogP contribution in [0.4, 0.5) is 0 Å². The summed E-state index contributed by atoms with van der Waals surface area (Å²) in [5.74, 6) is 0.778. The second-order valence-electron chi connectivity index (χ2n) is 7.52. The van der Waals surface area contributed by atoms with Gasteiger partial charge in [0.25, 0.3) is 5.91 Å². The molecule has 150 valence electrons. The Bertz CT molecular complexity index is 887. The molecule has 7 heteroatoms. The van der Waals surface area contributed by atoms with Crippen molar-refractivity contribution in [1.82, 2.24) is 15.6 Å². The number of carbonyl (C=O) groups is 1. The van der Waals surface area contributed by atoms with Crippen molar-refractivity contribution < 1.29 is 14.3 Å². The van der Waals surface area contributed by atoms with Crippen molar-refractivity contribution >= 4 is 17.2 Å². The van der Waals surface area contributed by atoms with Gasteiger partial charge >= 0.3 is 0 Å². The van der Waals surface area contributed by atoms with E-state index < -0.39 is 0 Å². The quantitative estimate of drug-likeness (QED) is 0.824. The number of hydrogen-bond donors (Lipinski definition) is 2. The molecule has 2 aliphatic heterocycles. The smallest absolute Gasteiger partial charge is 0.261 e. The van der Waals surface area contributed by atoms with Crippen molar-refractivity contribution in [3.8, 4) is 5.75 Å². The van der Waals surface area contributed by atoms with E-state index in [-0.39, 0.29) is 11.5 Å². The highest BCUT2D eigenvalue weighted by molar-refractivity contribution is 7.14. The van der Waals surface area contributed by atoms with Crippen molar-refractivity contribution in [1.29, 1.82) is 0 Å². The van der Waals surface area contributed by atoms with Gasteiger partial charge in [-0.05, 0) is 51.4 Å². The number of aromatic nitrogens is 1. The van der Waals surface area contributed by atoms with Crippen molar-refractivity contribution in [2.75, 3.05) is 26.8 Å². The SMILES string of the molecule is COc1c(C)cnc(CNC(=O)c2cc3c(s2)CCOC32CCNCC2)c1C. The molecule has 0 bridgehead atoms. The van der Waals surface area contributed by atoms with E-state index in [1.54, 1.807) is 24.6 Å². The Balaban J connectivity index is 1.51. The molecule has 1 saturated heterocycles. The first-order chi connectivity index (χ1) is 13.5. The summed E-state index contributed by atoms with van der Waals surface area (Å²) in [6.07, 6.45) is 4.60. The fraction of sp³-hybridized carbons (Fsp3) is 0.524. The molecule has 2 N–H and O–H groups in total. The number of methoxy groups -OCH3 is 1. The third-order valence-electron chi connectivity index (χ3n) is 5.81. The Kier molecular flexibility index (Phi) is 5.40. The molecule has 1 fully saturated rings. The minimum atomic E-state index is -0.212. The number of piperidine rings is 1. The minimum Gasteiger partial charge on any atom is -0.496 e. The van der Waals surface area contributed by atoms with E-state index in [1.165, 1.54) is 10.4 Å². The molecule has 2 aliphatic rings. The van der Waals surface area contributed by atoms with Crippen LogP contribution in [0.25, 0.3) is 0 Å². The minimum absolute atomic E-state index is 0.0516. The Morgan fingerprint density at radius 2 is 2.18 bits per heavy atom. The van der Waals surface area contributed by atoms with Crippen LogP contribution in [0.3, 0.4) is 0 Å². The largest absolute Gasteiger partial charge is 0.496 e. The second kappa shape index (κ2) is 7.81. The topological polar surface area (TPSA) is 72.5 Å². The zero-order chi connectivity index (χ0) is 19.7. The third-order valence-corrected chi connectivity index (χ3v) is 7.00. The summed E-state index contributed by atoms with van der Waals surface area (Å²) >= 11 is 1.60. The number of pyridine rings is 1. The molecule has 4 rings (SSSR count). The molecule has 0 saturated carbocycles. The predicted octanol–water partition coefficient (Wildman–Crippen LogP) is 2.85. The average Bonchev–Trinajstić information content (AvgIpc) is 3.14. The molecule has 0 unspecified atom stereocenters. The Morgan fingerprint density at radius 1 is 1.39 bits per heavy atom. The Morgan fingerprint density at radius 3 is 2.93 bits per heavy atom. The third kappa shape index (κ3) is 3.43. The van der Waals surface area contributed by atoms with Gasteiger partial charge < -0.3 is 20.1 Å². The molecular weight excluding hydrogens is 374 g/mol. The van der Waals surface area contributed by atoms with E-state index in [2.05, 4.69) is 21.7 Å². The van der Waals surface area contributed by atoms with Crippen LogP contribution in [0.1, 0.15) is 49.8 Å². The van der Waals surface area contributed by atoms with Gasteiger partial charge in [-0.25, -0.2) is 0 Å².